The van der Waals surface area contributed by atoms with Gasteiger partial charge >= 0.3 is 0 Å². The first-order valence-corrected chi connectivity index (χ1v) is 13.5. The van der Waals surface area contributed by atoms with Gasteiger partial charge in [-0.05, 0) is 78.8 Å². The first-order chi connectivity index (χ1) is 19.5. The van der Waals surface area contributed by atoms with Gasteiger partial charge < -0.3 is 25.4 Å². The quantitative estimate of drug-likeness (QED) is 0.245. The predicted octanol–water partition coefficient (Wildman–Crippen LogP) is 5.73. The topological polar surface area (TPSA) is 111 Å². The number of nitrogens with one attached hydrogen (secondary N) is 1. The van der Waals surface area contributed by atoms with E-state index in [1.165, 1.54) is 19.6 Å². The van der Waals surface area contributed by atoms with Gasteiger partial charge in [0, 0.05) is 37.9 Å². The van der Waals surface area contributed by atoms with Gasteiger partial charge in [-0.25, -0.2) is 19.9 Å². The van der Waals surface area contributed by atoms with Crippen molar-refractivity contribution in [1.82, 2.24) is 24.8 Å². The molecule has 2 heterocycles. The molecule has 0 saturated carbocycles. The Kier molecular flexibility index (Phi) is 18.9. The summed E-state index contributed by atoms with van der Waals surface area (Å²) in [5, 5.41) is 3.43. The van der Waals surface area contributed by atoms with Crippen molar-refractivity contribution in [2.24, 2.45) is 5.73 Å². The summed E-state index contributed by atoms with van der Waals surface area (Å²) in [5.74, 6) is 2.37. The van der Waals surface area contributed by atoms with Crippen LogP contribution in [0.25, 0.3) is 0 Å². The van der Waals surface area contributed by atoms with Crippen LogP contribution >= 0.6 is 11.6 Å². The van der Waals surface area contributed by atoms with Crippen molar-refractivity contribution in [3.05, 3.63) is 102 Å². The van der Waals surface area contributed by atoms with Crippen LogP contribution in [0.1, 0.15) is 31.9 Å². The molecule has 0 aliphatic rings. The lowest BCUT2D eigenvalue weighted by molar-refractivity contribution is 0.321. The average Bonchev–Trinajstić information content (AvgIpc) is 3.03. The van der Waals surface area contributed by atoms with Crippen molar-refractivity contribution in [2.75, 3.05) is 39.2 Å². The van der Waals surface area contributed by atoms with E-state index in [1.807, 2.05) is 48.5 Å². The molecule has 2 aromatic heterocycles. The lowest BCUT2D eigenvalue weighted by Gasteiger charge is -2.13. The van der Waals surface area contributed by atoms with Gasteiger partial charge in [-0.3, -0.25) is 0 Å². The second-order valence-corrected chi connectivity index (χ2v) is 8.30. The number of hydrogen-bond acceptors (Lipinski definition) is 9. The highest BCUT2D eigenvalue weighted by Crippen LogP contribution is 2.12. The van der Waals surface area contributed by atoms with Gasteiger partial charge in [0.15, 0.2) is 0 Å². The fourth-order valence-electron chi connectivity index (χ4n) is 3.03. The second-order valence-electron chi connectivity index (χ2n) is 7.96. The highest BCUT2D eigenvalue weighted by Gasteiger charge is 1.96. The molecule has 3 N–H and O–H groups in total. The molecule has 0 aliphatic heterocycles. The number of nitrogens with two attached hydrogens (primary N) is 1. The van der Waals surface area contributed by atoms with Crippen molar-refractivity contribution in [3.8, 4) is 11.5 Å². The van der Waals surface area contributed by atoms with Gasteiger partial charge in [-0.1, -0.05) is 45.0 Å². The van der Waals surface area contributed by atoms with Crippen molar-refractivity contribution >= 4 is 17.5 Å². The monoisotopic (exact) mass is 567 g/mol. The smallest absolute Gasteiger partial charge is 0.222 e. The van der Waals surface area contributed by atoms with Crippen LogP contribution in [0.5, 0.6) is 11.5 Å². The number of rotatable bonds is 9. The molecule has 216 valence electrons. The zero-order chi connectivity index (χ0) is 29.4. The van der Waals surface area contributed by atoms with Crippen molar-refractivity contribution in [3.63, 3.8) is 0 Å². The number of hydrogen-bond donors (Lipinski definition) is 2. The Labute approximate surface area is 243 Å². The second kappa shape index (κ2) is 22.1. The molecule has 0 aliphatic carbocycles. The minimum absolute atomic E-state index is 0.294. The molecule has 0 radical (unpaired) electrons. The first kappa shape index (κ1) is 34.2. The van der Waals surface area contributed by atoms with E-state index in [1.54, 1.807) is 51.1 Å². The third kappa shape index (κ3) is 15.6. The average molecular weight is 568 g/mol. The van der Waals surface area contributed by atoms with Crippen LogP contribution in [0.2, 0.25) is 5.28 Å². The van der Waals surface area contributed by atoms with E-state index in [-0.39, 0.29) is 0 Å². The Morgan fingerprint density at radius 1 is 0.700 bits per heavy atom. The SMILES string of the molecule is CCN(CC)CC.COc1ccc(CN)cc1.COc1ccc(CNc2ncccn2)cc1.Clc1ncccn1. The predicted molar refractivity (Wildman–Crippen MR) is 164 cm³/mol. The van der Waals surface area contributed by atoms with E-state index in [4.69, 9.17) is 26.8 Å². The Morgan fingerprint density at radius 2 is 1.12 bits per heavy atom. The molecule has 0 unspecified atom stereocenters. The molecule has 4 rings (SSSR count). The molecule has 10 heteroatoms. The van der Waals surface area contributed by atoms with Gasteiger partial charge in [0.2, 0.25) is 11.2 Å². The lowest BCUT2D eigenvalue weighted by atomic mass is 10.2. The molecular formula is C30H42ClN7O2. The molecule has 0 spiro atoms. The highest BCUT2D eigenvalue weighted by atomic mass is 35.5. The van der Waals surface area contributed by atoms with Gasteiger partial charge in [-0.2, -0.15) is 0 Å². The maximum Gasteiger partial charge on any atom is 0.222 e. The van der Waals surface area contributed by atoms with E-state index in [2.05, 4.69) is 50.9 Å². The van der Waals surface area contributed by atoms with Crippen LogP contribution in [-0.2, 0) is 13.1 Å². The Hall–Kier alpha value is -3.79. The summed E-state index contributed by atoms with van der Waals surface area (Å²) in [6.45, 7) is 11.4. The minimum Gasteiger partial charge on any atom is -0.497 e. The summed E-state index contributed by atoms with van der Waals surface area (Å²) < 4.78 is 10.1. The Morgan fingerprint density at radius 3 is 1.45 bits per heavy atom. The maximum absolute atomic E-state index is 5.40. The molecule has 0 atom stereocenters. The molecule has 40 heavy (non-hydrogen) atoms. The number of aromatic nitrogens is 4. The summed E-state index contributed by atoms with van der Waals surface area (Å²) >= 11 is 5.32. The van der Waals surface area contributed by atoms with Gasteiger partial charge in [0.25, 0.3) is 0 Å². The summed E-state index contributed by atoms with van der Waals surface area (Å²) in [5.41, 5.74) is 7.69. The van der Waals surface area contributed by atoms with Crippen molar-refractivity contribution in [1.29, 1.82) is 0 Å². The fraction of sp³-hybridized carbons (Fsp3) is 0.333. The zero-order valence-electron chi connectivity index (χ0n) is 24.1. The summed E-state index contributed by atoms with van der Waals surface area (Å²) in [6, 6.07) is 19.1. The van der Waals surface area contributed by atoms with E-state index in [9.17, 15) is 0 Å². The third-order valence-corrected chi connectivity index (χ3v) is 5.64. The van der Waals surface area contributed by atoms with Crippen LogP contribution in [0.4, 0.5) is 5.95 Å². The summed E-state index contributed by atoms with van der Waals surface area (Å²) in [6.07, 6.45) is 6.61. The van der Waals surface area contributed by atoms with Gasteiger partial charge in [0.1, 0.15) is 11.5 Å². The van der Waals surface area contributed by atoms with E-state index < -0.39 is 0 Å². The summed E-state index contributed by atoms with van der Waals surface area (Å²) in [4.78, 5) is 17.8. The Bertz CT molecular complexity index is 1090. The lowest BCUT2D eigenvalue weighted by Crippen LogP contribution is -2.21. The molecule has 0 amide bonds. The van der Waals surface area contributed by atoms with Crippen molar-refractivity contribution in [2.45, 2.75) is 33.9 Å². The van der Waals surface area contributed by atoms with Gasteiger partial charge in [-0.15, -0.1) is 0 Å². The number of halogens is 1. The first-order valence-electron chi connectivity index (χ1n) is 13.1. The maximum atomic E-state index is 5.40. The fourth-order valence-corrected chi connectivity index (χ4v) is 3.14. The van der Waals surface area contributed by atoms with Crippen LogP contribution in [-0.4, -0.2) is 58.7 Å². The largest absolute Gasteiger partial charge is 0.497 e. The van der Waals surface area contributed by atoms with Crippen LogP contribution in [0, 0.1) is 0 Å². The molecule has 2 aromatic carbocycles. The number of ether oxygens (including phenoxy) is 2. The zero-order valence-corrected chi connectivity index (χ0v) is 24.9. The number of methoxy groups -OCH3 is 2. The molecular weight excluding hydrogens is 526 g/mol. The molecule has 9 nitrogen and oxygen atoms in total. The molecule has 0 saturated heterocycles. The summed E-state index contributed by atoms with van der Waals surface area (Å²) in [7, 11) is 3.31. The Balaban J connectivity index is 0.000000287. The van der Waals surface area contributed by atoms with E-state index >= 15 is 0 Å². The van der Waals surface area contributed by atoms with Crippen molar-refractivity contribution < 1.29 is 9.47 Å². The highest BCUT2D eigenvalue weighted by molar-refractivity contribution is 6.28. The van der Waals surface area contributed by atoms with Crippen LogP contribution < -0.4 is 20.5 Å². The third-order valence-electron chi connectivity index (χ3n) is 5.45. The number of benzene rings is 2. The van der Waals surface area contributed by atoms with Gasteiger partial charge in [0.05, 0.1) is 14.2 Å². The normalized spacial score (nSPS) is 9.60. The number of anilines is 1. The molecule has 4 aromatic rings. The minimum atomic E-state index is 0.294. The van der Waals surface area contributed by atoms with E-state index in [0.29, 0.717) is 24.3 Å². The molecule has 0 bridgehead atoms. The van der Waals surface area contributed by atoms with E-state index in [0.717, 1.165) is 22.6 Å². The molecule has 0 fully saturated rings. The van der Waals surface area contributed by atoms with Crippen LogP contribution in [0.3, 0.4) is 0 Å². The standard InChI is InChI=1S/C12H13N3O.C8H11NO.C6H15N.C4H3ClN2/c1-16-11-5-3-10(4-6-11)9-15-12-13-7-2-8-14-12;1-10-8-4-2-7(6-9)3-5-8;1-4-7(5-2)6-3;5-4-6-2-1-3-7-4/h2-8H,9H2,1H3,(H,13,14,15);2-5H,6,9H2,1H3;4-6H2,1-3H3;1-3H. The van der Waals surface area contributed by atoms with Crippen LogP contribution in [0.15, 0.2) is 85.5 Å². The number of nitrogens with zero attached hydrogens (tertiary/aromatic N) is 5.